The van der Waals surface area contributed by atoms with Gasteiger partial charge in [0, 0.05) is 23.5 Å². The molecule has 24 heavy (non-hydrogen) atoms. The Kier molecular flexibility index (Phi) is 5.29. The zero-order valence-corrected chi connectivity index (χ0v) is 14.0. The van der Waals surface area contributed by atoms with Crippen LogP contribution in [-0.2, 0) is 11.3 Å². The number of nitrogens with one attached hydrogen (secondary N) is 2. The van der Waals surface area contributed by atoms with Crippen LogP contribution in [0.2, 0.25) is 0 Å². The Morgan fingerprint density at radius 3 is 2.88 bits per heavy atom. The fraction of sp³-hybridized carbons (Fsp3) is 0.211. The van der Waals surface area contributed by atoms with Crippen LogP contribution in [-0.4, -0.2) is 18.3 Å². The van der Waals surface area contributed by atoms with Crippen molar-refractivity contribution in [2.75, 3.05) is 23.0 Å². The summed E-state index contributed by atoms with van der Waals surface area (Å²) in [5.41, 5.74) is 3.00. The molecule has 5 heteroatoms. The van der Waals surface area contributed by atoms with Crippen molar-refractivity contribution in [3.8, 4) is 18.1 Å². The Bertz CT molecular complexity index is 766. The van der Waals surface area contributed by atoms with Gasteiger partial charge in [-0.2, -0.15) is 0 Å². The van der Waals surface area contributed by atoms with Crippen LogP contribution in [0, 0.1) is 12.3 Å². The van der Waals surface area contributed by atoms with Crippen molar-refractivity contribution in [2.24, 2.45) is 0 Å². The first-order valence-electron chi connectivity index (χ1n) is 7.70. The quantitative estimate of drug-likeness (QED) is 0.622. The number of amides is 1. The summed E-state index contributed by atoms with van der Waals surface area (Å²) < 4.78 is 5.53. The molecule has 0 fully saturated rings. The number of ether oxygens (including phenoxy) is 1. The summed E-state index contributed by atoms with van der Waals surface area (Å²) >= 11 is 1.56. The normalized spacial score (nSPS) is 12.7. The van der Waals surface area contributed by atoms with Crippen LogP contribution in [0.5, 0.6) is 5.75 Å². The largest absolute Gasteiger partial charge is 0.493 e. The molecule has 1 heterocycles. The number of terminal acetylenes is 1. The van der Waals surface area contributed by atoms with Crippen molar-refractivity contribution in [1.29, 1.82) is 0 Å². The number of rotatable bonds is 6. The Hall–Kier alpha value is -2.58. The summed E-state index contributed by atoms with van der Waals surface area (Å²) in [7, 11) is 0. The van der Waals surface area contributed by atoms with Crippen LogP contribution in [0.15, 0.2) is 47.4 Å². The summed E-state index contributed by atoms with van der Waals surface area (Å²) in [5, 5.41) is 6.27. The number of anilines is 2. The molecule has 1 aliphatic rings. The van der Waals surface area contributed by atoms with Crippen molar-refractivity contribution in [2.45, 2.75) is 17.9 Å². The highest BCUT2D eigenvalue weighted by molar-refractivity contribution is 8.00. The Morgan fingerprint density at radius 2 is 2.08 bits per heavy atom. The van der Waals surface area contributed by atoms with Crippen LogP contribution in [0.3, 0.4) is 0 Å². The van der Waals surface area contributed by atoms with Gasteiger partial charge in [-0.05, 0) is 35.9 Å². The lowest BCUT2D eigenvalue weighted by atomic mass is 10.2. The highest BCUT2D eigenvalue weighted by atomic mass is 32.2. The zero-order valence-electron chi connectivity index (χ0n) is 13.2. The van der Waals surface area contributed by atoms with Crippen LogP contribution >= 0.6 is 11.8 Å². The third kappa shape index (κ3) is 4.24. The standard InChI is InChI=1S/C19H18N2O2S/c1-2-3-10-23-16-7-4-14(5-8-16)12-20-15-6-9-18-17(11-15)21-19(22)13-24-18/h1,4-9,11,20H,3,10,12-13H2,(H,21,22). The molecule has 0 bridgehead atoms. The molecule has 0 saturated carbocycles. The lowest BCUT2D eigenvalue weighted by molar-refractivity contribution is -0.113. The molecule has 122 valence electrons. The van der Waals surface area contributed by atoms with Crippen LogP contribution in [0.25, 0.3) is 0 Å². The molecule has 0 spiro atoms. The van der Waals surface area contributed by atoms with E-state index >= 15 is 0 Å². The number of hydrogen-bond acceptors (Lipinski definition) is 4. The molecule has 4 nitrogen and oxygen atoms in total. The van der Waals surface area contributed by atoms with Gasteiger partial charge in [0.05, 0.1) is 18.0 Å². The maximum absolute atomic E-state index is 11.5. The summed E-state index contributed by atoms with van der Waals surface area (Å²) in [5.74, 6) is 3.90. The van der Waals surface area contributed by atoms with Gasteiger partial charge >= 0.3 is 0 Å². The van der Waals surface area contributed by atoms with Gasteiger partial charge in [0.15, 0.2) is 0 Å². The number of carbonyl (C=O) groups is 1. The maximum Gasteiger partial charge on any atom is 0.234 e. The topological polar surface area (TPSA) is 50.4 Å². The molecule has 3 rings (SSSR count). The fourth-order valence-corrected chi connectivity index (χ4v) is 3.12. The van der Waals surface area contributed by atoms with E-state index in [9.17, 15) is 4.79 Å². The highest BCUT2D eigenvalue weighted by Crippen LogP contribution is 2.33. The van der Waals surface area contributed by atoms with Gasteiger partial charge in [-0.1, -0.05) is 12.1 Å². The predicted octanol–water partition coefficient (Wildman–Crippen LogP) is 3.75. The van der Waals surface area contributed by atoms with E-state index < -0.39 is 0 Å². The summed E-state index contributed by atoms with van der Waals surface area (Å²) in [4.78, 5) is 12.6. The van der Waals surface area contributed by atoms with Crippen molar-refractivity contribution >= 4 is 29.0 Å². The van der Waals surface area contributed by atoms with Crippen molar-refractivity contribution in [3.63, 3.8) is 0 Å². The lowest BCUT2D eigenvalue weighted by Crippen LogP contribution is -2.18. The van der Waals surface area contributed by atoms with E-state index in [1.165, 1.54) is 0 Å². The second-order valence-electron chi connectivity index (χ2n) is 5.35. The third-order valence-electron chi connectivity index (χ3n) is 3.55. The summed E-state index contributed by atoms with van der Waals surface area (Å²) in [6, 6.07) is 14.0. The van der Waals surface area contributed by atoms with E-state index in [4.69, 9.17) is 11.2 Å². The second-order valence-corrected chi connectivity index (χ2v) is 6.37. The zero-order chi connectivity index (χ0) is 16.8. The molecule has 1 amide bonds. The van der Waals surface area contributed by atoms with E-state index in [0.29, 0.717) is 25.3 Å². The maximum atomic E-state index is 11.5. The van der Waals surface area contributed by atoms with Gasteiger partial charge in [-0.3, -0.25) is 4.79 Å². The third-order valence-corrected chi connectivity index (χ3v) is 4.62. The average Bonchev–Trinajstić information content (AvgIpc) is 2.61. The van der Waals surface area contributed by atoms with Crippen molar-refractivity contribution in [3.05, 3.63) is 48.0 Å². The molecule has 0 radical (unpaired) electrons. The Labute approximate surface area is 146 Å². The molecule has 0 atom stereocenters. The van der Waals surface area contributed by atoms with Gasteiger partial charge in [0.1, 0.15) is 5.75 Å². The van der Waals surface area contributed by atoms with Crippen molar-refractivity contribution < 1.29 is 9.53 Å². The molecule has 0 aromatic heterocycles. The van der Waals surface area contributed by atoms with E-state index in [1.54, 1.807) is 11.8 Å². The second kappa shape index (κ2) is 7.80. The molecule has 2 aromatic carbocycles. The van der Waals surface area contributed by atoms with Gasteiger partial charge in [0.2, 0.25) is 5.91 Å². The van der Waals surface area contributed by atoms with E-state index in [2.05, 4.69) is 16.6 Å². The molecule has 0 saturated heterocycles. The number of fused-ring (bicyclic) bond motifs is 1. The minimum Gasteiger partial charge on any atom is -0.493 e. The molecule has 1 aliphatic heterocycles. The smallest absolute Gasteiger partial charge is 0.234 e. The summed E-state index contributed by atoms with van der Waals surface area (Å²) in [6.45, 7) is 1.23. The minimum atomic E-state index is 0.0464. The number of carbonyl (C=O) groups excluding carboxylic acids is 1. The summed E-state index contributed by atoms with van der Waals surface area (Å²) in [6.07, 6.45) is 5.81. The molecule has 0 unspecified atom stereocenters. The van der Waals surface area contributed by atoms with Crippen LogP contribution < -0.4 is 15.4 Å². The first-order valence-corrected chi connectivity index (χ1v) is 8.69. The van der Waals surface area contributed by atoms with E-state index in [-0.39, 0.29) is 5.91 Å². The number of benzene rings is 2. The average molecular weight is 338 g/mol. The molecule has 2 aromatic rings. The van der Waals surface area contributed by atoms with Crippen LogP contribution in [0.1, 0.15) is 12.0 Å². The first-order chi connectivity index (χ1) is 11.7. The molecular formula is C19H18N2O2S. The van der Waals surface area contributed by atoms with Gasteiger partial charge in [-0.25, -0.2) is 0 Å². The Balaban J connectivity index is 1.57. The Morgan fingerprint density at radius 1 is 1.25 bits per heavy atom. The minimum absolute atomic E-state index is 0.0464. The van der Waals surface area contributed by atoms with E-state index in [1.807, 2.05) is 42.5 Å². The van der Waals surface area contributed by atoms with E-state index in [0.717, 1.165) is 27.6 Å². The number of hydrogen-bond donors (Lipinski definition) is 2. The highest BCUT2D eigenvalue weighted by Gasteiger charge is 2.15. The van der Waals surface area contributed by atoms with Gasteiger partial charge in [0.25, 0.3) is 0 Å². The molecular weight excluding hydrogens is 320 g/mol. The van der Waals surface area contributed by atoms with Crippen LogP contribution in [0.4, 0.5) is 11.4 Å². The molecule has 0 aliphatic carbocycles. The predicted molar refractivity (Wildman–Crippen MR) is 98.5 cm³/mol. The van der Waals surface area contributed by atoms with Gasteiger partial charge in [-0.15, -0.1) is 24.1 Å². The van der Waals surface area contributed by atoms with Gasteiger partial charge < -0.3 is 15.4 Å². The first kappa shape index (κ1) is 16.3. The SMILES string of the molecule is C#CCCOc1ccc(CNc2ccc3c(c2)NC(=O)CS3)cc1. The lowest BCUT2D eigenvalue weighted by Gasteiger charge is -2.17. The fourth-order valence-electron chi connectivity index (χ4n) is 2.33. The molecule has 2 N–H and O–H groups in total. The number of thioether (sulfide) groups is 1. The van der Waals surface area contributed by atoms with Crippen molar-refractivity contribution in [1.82, 2.24) is 0 Å². The monoisotopic (exact) mass is 338 g/mol.